The number of carbonyl (C=O) groups excluding carboxylic acids is 2. The molecule has 33 heavy (non-hydrogen) atoms. The molecular weight excluding hydrogens is 418 g/mol. The Kier molecular flexibility index (Phi) is 5.70. The third-order valence-electron chi connectivity index (χ3n) is 6.19. The van der Waals surface area contributed by atoms with Gasteiger partial charge in [0.2, 0.25) is 0 Å². The zero-order valence-corrected chi connectivity index (χ0v) is 18.5. The standard InChI is InChI=1S/C24H27N7O2/c1-29-11-13-30(14-12-29)19-9-7-17(8-10-19)23(32)26-22-20-15-31(16-21(20)27-28-22)24(33)25-18-5-3-2-4-6-18/h2-10H,11-16H2,1H3,(H,25,33)(H2,26,27,28,32). The molecule has 1 saturated heterocycles. The molecule has 2 aliphatic rings. The molecule has 170 valence electrons. The molecule has 3 amide bonds. The third-order valence-corrected chi connectivity index (χ3v) is 6.19. The van der Waals surface area contributed by atoms with Crippen molar-refractivity contribution in [2.24, 2.45) is 0 Å². The maximum absolute atomic E-state index is 12.8. The van der Waals surface area contributed by atoms with Crippen molar-refractivity contribution in [3.8, 4) is 0 Å². The number of carbonyl (C=O) groups is 2. The van der Waals surface area contributed by atoms with Crippen LogP contribution in [0.15, 0.2) is 54.6 Å². The van der Waals surface area contributed by atoms with Crippen molar-refractivity contribution in [1.82, 2.24) is 20.0 Å². The summed E-state index contributed by atoms with van der Waals surface area (Å²) in [5.74, 6) is 0.245. The average Bonchev–Trinajstić information content (AvgIpc) is 3.42. The normalized spacial score (nSPS) is 15.9. The molecule has 0 saturated carbocycles. The molecule has 9 nitrogen and oxygen atoms in total. The van der Waals surface area contributed by atoms with Crippen LogP contribution in [0.1, 0.15) is 21.6 Å². The molecule has 0 spiro atoms. The summed E-state index contributed by atoms with van der Waals surface area (Å²) in [6.07, 6.45) is 0. The molecule has 0 radical (unpaired) electrons. The van der Waals surface area contributed by atoms with E-state index >= 15 is 0 Å². The summed E-state index contributed by atoms with van der Waals surface area (Å²) in [6, 6.07) is 16.8. The number of H-pyrrole nitrogens is 1. The van der Waals surface area contributed by atoms with Crippen LogP contribution < -0.4 is 15.5 Å². The molecule has 0 aliphatic carbocycles. The first kappa shape index (κ1) is 21.0. The number of amides is 3. The van der Waals surface area contributed by atoms with Gasteiger partial charge in [-0.2, -0.15) is 5.10 Å². The first-order valence-corrected chi connectivity index (χ1v) is 11.1. The summed E-state index contributed by atoms with van der Waals surface area (Å²) in [5.41, 5.74) is 4.10. The minimum Gasteiger partial charge on any atom is -0.369 e. The predicted molar refractivity (Wildman–Crippen MR) is 127 cm³/mol. The molecule has 1 fully saturated rings. The van der Waals surface area contributed by atoms with E-state index in [4.69, 9.17) is 0 Å². The first-order chi connectivity index (χ1) is 16.1. The van der Waals surface area contributed by atoms with E-state index in [1.54, 1.807) is 4.90 Å². The van der Waals surface area contributed by atoms with Gasteiger partial charge in [-0.3, -0.25) is 9.89 Å². The Balaban J connectivity index is 1.20. The fraction of sp³-hybridized carbons (Fsp3) is 0.292. The van der Waals surface area contributed by atoms with E-state index in [1.807, 2.05) is 54.6 Å². The maximum Gasteiger partial charge on any atom is 0.322 e. The molecular formula is C24H27N7O2. The number of nitrogens with one attached hydrogen (secondary N) is 3. The highest BCUT2D eigenvalue weighted by atomic mass is 16.2. The molecule has 3 N–H and O–H groups in total. The number of aromatic amines is 1. The summed E-state index contributed by atoms with van der Waals surface area (Å²) in [5, 5.41) is 13.0. The zero-order valence-electron chi connectivity index (χ0n) is 18.5. The summed E-state index contributed by atoms with van der Waals surface area (Å²) < 4.78 is 0. The van der Waals surface area contributed by atoms with Crippen molar-refractivity contribution in [3.05, 3.63) is 71.4 Å². The highest BCUT2D eigenvalue weighted by Gasteiger charge is 2.29. The van der Waals surface area contributed by atoms with Crippen molar-refractivity contribution >= 4 is 29.1 Å². The molecule has 1 aromatic heterocycles. The number of aromatic nitrogens is 2. The van der Waals surface area contributed by atoms with Gasteiger partial charge < -0.3 is 25.3 Å². The predicted octanol–water partition coefficient (Wildman–Crippen LogP) is 2.96. The lowest BCUT2D eigenvalue weighted by atomic mass is 10.1. The number of benzene rings is 2. The van der Waals surface area contributed by atoms with E-state index in [0.717, 1.165) is 48.8 Å². The lowest BCUT2D eigenvalue weighted by Gasteiger charge is -2.34. The van der Waals surface area contributed by atoms with Crippen molar-refractivity contribution < 1.29 is 9.59 Å². The van der Waals surface area contributed by atoms with E-state index < -0.39 is 0 Å². The molecule has 0 atom stereocenters. The van der Waals surface area contributed by atoms with Gasteiger partial charge in [0, 0.05) is 48.7 Å². The van der Waals surface area contributed by atoms with Gasteiger partial charge in [0.25, 0.3) is 5.91 Å². The van der Waals surface area contributed by atoms with Gasteiger partial charge >= 0.3 is 6.03 Å². The number of likely N-dealkylation sites (N-methyl/N-ethyl adjacent to an activating group) is 1. The lowest BCUT2D eigenvalue weighted by Crippen LogP contribution is -2.44. The molecule has 3 aromatic rings. The van der Waals surface area contributed by atoms with Crippen molar-refractivity contribution in [3.63, 3.8) is 0 Å². The highest BCUT2D eigenvalue weighted by molar-refractivity contribution is 6.04. The van der Waals surface area contributed by atoms with Crippen LogP contribution in [0.2, 0.25) is 0 Å². The molecule has 5 rings (SSSR count). The summed E-state index contributed by atoms with van der Waals surface area (Å²) in [4.78, 5) is 31.7. The lowest BCUT2D eigenvalue weighted by molar-refractivity contribution is 0.102. The Morgan fingerprint density at radius 2 is 1.64 bits per heavy atom. The van der Waals surface area contributed by atoms with E-state index in [9.17, 15) is 9.59 Å². The summed E-state index contributed by atoms with van der Waals surface area (Å²) in [7, 11) is 2.13. The topological polar surface area (TPSA) is 96.6 Å². The SMILES string of the molecule is CN1CCN(c2ccc(C(=O)Nc3n[nH]c4c3CN(C(=O)Nc3ccccc3)C4)cc2)CC1. The average molecular weight is 446 g/mol. The molecule has 2 aromatic carbocycles. The number of anilines is 3. The van der Waals surface area contributed by atoms with Crippen molar-refractivity contribution in [2.45, 2.75) is 13.1 Å². The van der Waals surface area contributed by atoms with Crippen LogP contribution in [-0.4, -0.2) is 65.2 Å². The number of rotatable bonds is 4. The Morgan fingerprint density at radius 3 is 2.36 bits per heavy atom. The van der Waals surface area contributed by atoms with Crippen molar-refractivity contribution in [1.29, 1.82) is 0 Å². The Bertz CT molecular complexity index is 1140. The van der Waals surface area contributed by atoms with Crippen LogP contribution >= 0.6 is 0 Å². The second kappa shape index (κ2) is 8.95. The van der Waals surface area contributed by atoms with Gasteiger partial charge in [-0.25, -0.2) is 4.79 Å². The molecule has 3 heterocycles. The second-order valence-corrected chi connectivity index (χ2v) is 8.47. The smallest absolute Gasteiger partial charge is 0.322 e. The van der Waals surface area contributed by atoms with Gasteiger partial charge in [0.15, 0.2) is 5.82 Å². The van der Waals surface area contributed by atoms with E-state index in [2.05, 4.69) is 37.7 Å². The first-order valence-electron chi connectivity index (χ1n) is 11.1. The Labute approximate surface area is 192 Å². The molecule has 2 aliphatic heterocycles. The second-order valence-electron chi connectivity index (χ2n) is 8.47. The summed E-state index contributed by atoms with van der Waals surface area (Å²) in [6.45, 7) is 4.82. The van der Waals surface area contributed by atoms with E-state index in [1.165, 1.54) is 0 Å². The van der Waals surface area contributed by atoms with Gasteiger partial charge in [-0.1, -0.05) is 18.2 Å². The maximum atomic E-state index is 12.8. The fourth-order valence-corrected chi connectivity index (χ4v) is 4.18. The number of urea groups is 1. The van der Waals surface area contributed by atoms with Crippen LogP contribution in [0.25, 0.3) is 0 Å². The van der Waals surface area contributed by atoms with Gasteiger partial charge in [-0.05, 0) is 43.4 Å². The van der Waals surface area contributed by atoms with Crippen LogP contribution in [0.4, 0.5) is 22.0 Å². The molecule has 0 bridgehead atoms. The van der Waals surface area contributed by atoms with E-state index in [0.29, 0.717) is 24.5 Å². The molecule has 9 heteroatoms. The van der Waals surface area contributed by atoms with Crippen LogP contribution in [0.3, 0.4) is 0 Å². The number of fused-ring (bicyclic) bond motifs is 1. The van der Waals surface area contributed by atoms with Crippen LogP contribution in [0, 0.1) is 0 Å². The largest absolute Gasteiger partial charge is 0.369 e. The molecule has 0 unspecified atom stereocenters. The highest BCUT2D eigenvalue weighted by Crippen LogP contribution is 2.28. The minimum absolute atomic E-state index is 0.192. The van der Waals surface area contributed by atoms with Crippen LogP contribution in [-0.2, 0) is 13.1 Å². The number of hydrogen-bond donors (Lipinski definition) is 3. The van der Waals surface area contributed by atoms with Crippen molar-refractivity contribution in [2.75, 3.05) is 48.8 Å². The van der Waals surface area contributed by atoms with E-state index in [-0.39, 0.29) is 11.9 Å². The number of piperazine rings is 1. The third kappa shape index (κ3) is 4.54. The summed E-state index contributed by atoms with van der Waals surface area (Å²) >= 11 is 0. The number of hydrogen-bond acceptors (Lipinski definition) is 5. The monoisotopic (exact) mass is 445 g/mol. The zero-order chi connectivity index (χ0) is 22.8. The van der Waals surface area contributed by atoms with Crippen LogP contribution in [0.5, 0.6) is 0 Å². The van der Waals surface area contributed by atoms with Gasteiger partial charge in [0.05, 0.1) is 18.8 Å². The minimum atomic E-state index is -0.221. The van der Waals surface area contributed by atoms with Gasteiger partial charge in [0.1, 0.15) is 0 Å². The number of nitrogens with zero attached hydrogens (tertiary/aromatic N) is 4. The Morgan fingerprint density at radius 1 is 0.909 bits per heavy atom. The fourth-order valence-electron chi connectivity index (χ4n) is 4.18. The van der Waals surface area contributed by atoms with Gasteiger partial charge in [-0.15, -0.1) is 0 Å². The Hall–Kier alpha value is -3.85. The number of para-hydroxylation sites is 1. The quantitative estimate of drug-likeness (QED) is 0.574.